The lowest BCUT2D eigenvalue weighted by Gasteiger charge is -2.14. The summed E-state index contributed by atoms with van der Waals surface area (Å²) in [5.74, 6) is 0.941. The zero-order valence-electron chi connectivity index (χ0n) is 10.9. The molecule has 2 N–H and O–H groups in total. The van der Waals surface area contributed by atoms with Gasteiger partial charge in [-0.2, -0.15) is 13.2 Å². The molecule has 0 bridgehead atoms. The number of ether oxygens (including phenoxy) is 1. The topological polar surface area (TPSA) is 35.2 Å². The summed E-state index contributed by atoms with van der Waals surface area (Å²) in [6.45, 7) is 1.84. The number of hydrogen-bond donors (Lipinski definition) is 1. The van der Waals surface area contributed by atoms with E-state index in [4.69, 9.17) is 10.5 Å². The van der Waals surface area contributed by atoms with Crippen molar-refractivity contribution in [3.05, 3.63) is 59.2 Å². The zero-order valence-corrected chi connectivity index (χ0v) is 10.9. The van der Waals surface area contributed by atoms with Gasteiger partial charge in [-0.1, -0.05) is 18.2 Å². The molecule has 0 atom stereocenters. The highest BCUT2D eigenvalue weighted by Gasteiger charge is 2.31. The summed E-state index contributed by atoms with van der Waals surface area (Å²) >= 11 is 0. The van der Waals surface area contributed by atoms with Gasteiger partial charge in [0.05, 0.1) is 5.56 Å². The molecule has 106 valence electrons. The van der Waals surface area contributed by atoms with Gasteiger partial charge in [-0.05, 0) is 36.8 Å². The van der Waals surface area contributed by atoms with Crippen LogP contribution >= 0.6 is 0 Å². The summed E-state index contributed by atoms with van der Waals surface area (Å²) in [6, 6.07) is 10.6. The maximum Gasteiger partial charge on any atom is 0.416 e. The minimum absolute atomic E-state index is 0.0227. The van der Waals surface area contributed by atoms with Crippen molar-refractivity contribution in [3.8, 4) is 11.5 Å². The molecule has 0 unspecified atom stereocenters. The summed E-state index contributed by atoms with van der Waals surface area (Å²) in [5, 5.41) is 0. The summed E-state index contributed by atoms with van der Waals surface area (Å²) in [5.41, 5.74) is 6.00. The van der Waals surface area contributed by atoms with E-state index in [2.05, 4.69) is 0 Å². The van der Waals surface area contributed by atoms with Crippen molar-refractivity contribution in [2.24, 2.45) is 5.73 Å². The second-order valence-corrected chi connectivity index (χ2v) is 4.39. The van der Waals surface area contributed by atoms with Crippen LogP contribution in [0.1, 0.15) is 16.7 Å². The lowest BCUT2D eigenvalue weighted by Crippen LogP contribution is -2.08. The number of halogens is 3. The highest BCUT2D eigenvalue weighted by atomic mass is 19.4. The summed E-state index contributed by atoms with van der Waals surface area (Å²) in [4.78, 5) is 0. The molecule has 5 heteroatoms. The van der Waals surface area contributed by atoms with Crippen LogP contribution in [0.5, 0.6) is 11.5 Å². The molecule has 0 aliphatic carbocycles. The van der Waals surface area contributed by atoms with E-state index in [1.54, 1.807) is 12.1 Å². The number of nitrogens with two attached hydrogens (primary N) is 1. The maximum atomic E-state index is 12.6. The first-order valence-corrected chi connectivity index (χ1v) is 6.05. The molecule has 2 aromatic carbocycles. The van der Waals surface area contributed by atoms with Crippen molar-refractivity contribution in [3.63, 3.8) is 0 Å². The molecule has 0 spiro atoms. The molecule has 0 aromatic heterocycles. The van der Waals surface area contributed by atoms with E-state index in [9.17, 15) is 13.2 Å². The molecule has 0 saturated carbocycles. The largest absolute Gasteiger partial charge is 0.457 e. The van der Waals surface area contributed by atoms with Crippen LogP contribution in [0.2, 0.25) is 0 Å². The molecule has 0 fully saturated rings. The Hall–Kier alpha value is -2.01. The normalized spacial score (nSPS) is 11.4. The van der Waals surface area contributed by atoms with Crippen molar-refractivity contribution < 1.29 is 17.9 Å². The summed E-state index contributed by atoms with van der Waals surface area (Å²) in [7, 11) is 0. The van der Waals surface area contributed by atoms with Crippen LogP contribution < -0.4 is 10.5 Å². The van der Waals surface area contributed by atoms with Crippen molar-refractivity contribution >= 4 is 0 Å². The number of alkyl halides is 3. The van der Waals surface area contributed by atoms with E-state index in [1.807, 2.05) is 19.1 Å². The second-order valence-electron chi connectivity index (χ2n) is 4.39. The molecule has 0 radical (unpaired) electrons. The first-order valence-electron chi connectivity index (χ1n) is 6.05. The van der Waals surface area contributed by atoms with Crippen LogP contribution in [-0.2, 0) is 12.7 Å². The van der Waals surface area contributed by atoms with Crippen LogP contribution in [0, 0.1) is 6.92 Å². The van der Waals surface area contributed by atoms with Gasteiger partial charge >= 0.3 is 6.18 Å². The quantitative estimate of drug-likeness (QED) is 0.912. The number of hydrogen-bond acceptors (Lipinski definition) is 2. The highest BCUT2D eigenvalue weighted by Crippen LogP contribution is 2.34. The van der Waals surface area contributed by atoms with Gasteiger partial charge in [0.15, 0.2) is 0 Å². The monoisotopic (exact) mass is 281 g/mol. The SMILES string of the molecule is Cc1ccccc1Oc1ccc(C(F)(F)F)cc1CN. The van der Waals surface area contributed by atoms with Crippen LogP contribution in [-0.4, -0.2) is 0 Å². The van der Waals surface area contributed by atoms with Gasteiger partial charge < -0.3 is 10.5 Å². The summed E-state index contributed by atoms with van der Waals surface area (Å²) < 4.78 is 43.6. The Kier molecular flexibility index (Phi) is 3.99. The van der Waals surface area contributed by atoms with Crippen LogP contribution in [0.25, 0.3) is 0 Å². The molecular weight excluding hydrogens is 267 g/mol. The fraction of sp³-hybridized carbons (Fsp3) is 0.200. The Bertz CT molecular complexity index is 608. The van der Waals surface area contributed by atoms with Crippen molar-refractivity contribution in [2.45, 2.75) is 19.6 Å². The van der Waals surface area contributed by atoms with Crippen molar-refractivity contribution in [2.75, 3.05) is 0 Å². The standard InChI is InChI=1S/C15H14F3NO/c1-10-4-2-3-5-13(10)20-14-7-6-12(15(16,17)18)8-11(14)9-19/h2-8H,9,19H2,1H3. The highest BCUT2D eigenvalue weighted by molar-refractivity contribution is 5.43. The smallest absolute Gasteiger partial charge is 0.416 e. The van der Waals surface area contributed by atoms with Gasteiger partial charge in [0.2, 0.25) is 0 Å². The Balaban J connectivity index is 2.36. The van der Waals surface area contributed by atoms with Gasteiger partial charge in [-0.25, -0.2) is 0 Å². The average Bonchev–Trinajstić information content (AvgIpc) is 2.40. The van der Waals surface area contributed by atoms with Crippen molar-refractivity contribution in [1.29, 1.82) is 0 Å². The molecule has 2 aromatic rings. The minimum atomic E-state index is -4.38. The van der Waals surface area contributed by atoms with Gasteiger partial charge in [0.25, 0.3) is 0 Å². The second kappa shape index (κ2) is 5.54. The third-order valence-electron chi connectivity index (χ3n) is 2.92. The molecule has 0 amide bonds. The Morgan fingerprint density at radius 3 is 2.35 bits per heavy atom. The minimum Gasteiger partial charge on any atom is -0.457 e. The van der Waals surface area contributed by atoms with Gasteiger partial charge in [0, 0.05) is 12.1 Å². The maximum absolute atomic E-state index is 12.6. The number of benzene rings is 2. The Morgan fingerprint density at radius 1 is 1.05 bits per heavy atom. The molecule has 20 heavy (non-hydrogen) atoms. The third kappa shape index (κ3) is 3.11. The molecule has 2 rings (SSSR count). The molecule has 2 nitrogen and oxygen atoms in total. The molecule has 0 aliphatic heterocycles. The van der Waals surface area contributed by atoms with E-state index >= 15 is 0 Å². The van der Waals surface area contributed by atoms with E-state index in [-0.39, 0.29) is 6.54 Å². The predicted octanol–water partition coefficient (Wildman–Crippen LogP) is 4.26. The van der Waals surface area contributed by atoms with E-state index in [0.29, 0.717) is 17.1 Å². The lowest BCUT2D eigenvalue weighted by atomic mass is 10.1. The molecule has 0 heterocycles. The lowest BCUT2D eigenvalue weighted by molar-refractivity contribution is -0.137. The Morgan fingerprint density at radius 2 is 1.75 bits per heavy atom. The van der Waals surface area contributed by atoms with E-state index < -0.39 is 11.7 Å². The first-order chi connectivity index (χ1) is 9.41. The summed E-state index contributed by atoms with van der Waals surface area (Å²) in [6.07, 6.45) is -4.38. The number of aryl methyl sites for hydroxylation is 1. The van der Waals surface area contributed by atoms with E-state index in [1.165, 1.54) is 6.07 Å². The van der Waals surface area contributed by atoms with Gasteiger partial charge in [-0.3, -0.25) is 0 Å². The van der Waals surface area contributed by atoms with Crippen LogP contribution in [0.3, 0.4) is 0 Å². The molecule has 0 aliphatic rings. The fourth-order valence-corrected chi connectivity index (χ4v) is 1.80. The number of para-hydroxylation sites is 1. The predicted molar refractivity (Wildman–Crippen MR) is 70.6 cm³/mol. The zero-order chi connectivity index (χ0) is 14.8. The molecular formula is C15H14F3NO. The first kappa shape index (κ1) is 14.4. The van der Waals surface area contributed by atoms with Crippen molar-refractivity contribution in [1.82, 2.24) is 0 Å². The number of rotatable bonds is 3. The molecule has 0 saturated heterocycles. The van der Waals surface area contributed by atoms with Gasteiger partial charge in [0.1, 0.15) is 11.5 Å². The Labute approximate surface area is 115 Å². The van der Waals surface area contributed by atoms with Gasteiger partial charge in [-0.15, -0.1) is 0 Å². The average molecular weight is 281 g/mol. The van der Waals surface area contributed by atoms with E-state index in [0.717, 1.165) is 17.7 Å². The van der Waals surface area contributed by atoms with Crippen LogP contribution in [0.4, 0.5) is 13.2 Å². The fourth-order valence-electron chi connectivity index (χ4n) is 1.80. The third-order valence-corrected chi connectivity index (χ3v) is 2.92. The van der Waals surface area contributed by atoms with Crippen LogP contribution in [0.15, 0.2) is 42.5 Å².